The van der Waals surface area contributed by atoms with Gasteiger partial charge in [0.15, 0.2) is 10.7 Å². The van der Waals surface area contributed by atoms with Gasteiger partial charge in [-0.1, -0.05) is 57.9 Å². The van der Waals surface area contributed by atoms with Gasteiger partial charge in [0, 0.05) is 10.6 Å². The van der Waals surface area contributed by atoms with Crippen molar-refractivity contribution in [3.05, 3.63) is 64.7 Å². The van der Waals surface area contributed by atoms with Crippen LogP contribution in [0.15, 0.2) is 58.8 Å². The van der Waals surface area contributed by atoms with E-state index < -0.39 is 10.9 Å². The molecule has 0 saturated carbocycles. The zero-order valence-electron chi connectivity index (χ0n) is 11.1. The van der Waals surface area contributed by atoms with Gasteiger partial charge in [0.25, 0.3) is 0 Å². The van der Waals surface area contributed by atoms with E-state index in [2.05, 4.69) is 26.2 Å². The summed E-state index contributed by atoms with van der Waals surface area (Å²) in [6.45, 7) is 0. The van der Waals surface area contributed by atoms with Crippen LogP contribution in [0.4, 0.5) is 5.69 Å². The van der Waals surface area contributed by atoms with E-state index >= 15 is 0 Å². The monoisotopic (exact) mass is 379 g/mol. The lowest BCUT2D eigenvalue weighted by Crippen LogP contribution is -2.30. The summed E-state index contributed by atoms with van der Waals surface area (Å²) in [5.41, 5.74) is 0.931. The van der Waals surface area contributed by atoms with Crippen LogP contribution in [-0.2, 0) is 4.79 Å². The molecule has 5 nitrogen and oxygen atoms in total. The lowest BCUT2D eigenvalue weighted by Gasteiger charge is -2.07. The number of ketones is 1. The van der Waals surface area contributed by atoms with Crippen LogP contribution in [0.2, 0.25) is 5.02 Å². The van der Waals surface area contributed by atoms with Crippen molar-refractivity contribution < 1.29 is 14.7 Å². The van der Waals surface area contributed by atoms with E-state index in [1.54, 1.807) is 36.4 Å². The lowest BCUT2D eigenvalue weighted by atomic mass is 10.0. The van der Waals surface area contributed by atoms with Crippen LogP contribution in [0, 0.1) is 0 Å². The second-order valence-corrected chi connectivity index (χ2v) is 5.53. The van der Waals surface area contributed by atoms with E-state index in [-0.39, 0.29) is 17.0 Å². The molecule has 112 valence electrons. The molecule has 0 saturated heterocycles. The number of aliphatic carboxylic acids is 1. The van der Waals surface area contributed by atoms with Gasteiger partial charge in [-0.25, -0.2) is 0 Å². The maximum atomic E-state index is 12.5. The van der Waals surface area contributed by atoms with Gasteiger partial charge in [0.1, 0.15) is 0 Å². The highest BCUT2D eigenvalue weighted by atomic mass is 79.9. The Kier molecular flexibility index (Phi) is 5.41. The predicted octanol–water partition coefficient (Wildman–Crippen LogP) is 3.13. The number of alkyl halides is 1. The van der Waals surface area contributed by atoms with E-state index in [1.165, 1.54) is 12.1 Å². The minimum absolute atomic E-state index is 0.226. The molecular formula is C15H9BrClN2O3-. The number of carbonyl (C=O) groups excluding carboxylic acids is 2. The number of azo groups is 1. The molecule has 2 rings (SSSR count). The van der Waals surface area contributed by atoms with Crippen molar-refractivity contribution in [3.63, 3.8) is 0 Å². The number of rotatable bonds is 5. The Hall–Kier alpha value is -2.05. The van der Waals surface area contributed by atoms with Crippen LogP contribution in [0.1, 0.15) is 15.9 Å². The summed E-state index contributed by atoms with van der Waals surface area (Å²) >= 11 is 8.71. The largest absolute Gasteiger partial charge is 0.547 e. The van der Waals surface area contributed by atoms with Crippen LogP contribution >= 0.6 is 27.5 Å². The number of nitrogens with zero attached hydrogens (tertiary/aromatic N) is 2. The average Bonchev–Trinajstić information content (AvgIpc) is 2.53. The molecule has 0 radical (unpaired) electrons. The summed E-state index contributed by atoms with van der Waals surface area (Å²) < 4.78 is 0. The zero-order chi connectivity index (χ0) is 16.1. The molecule has 22 heavy (non-hydrogen) atoms. The van der Waals surface area contributed by atoms with Gasteiger partial charge in [-0.2, -0.15) is 10.2 Å². The van der Waals surface area contributed by atoms with Crippen LogP contribution in [-0.4, -0.2) is 16.7 Å². The third-order valence-electron chi connectivity index (χ3n) is 2.70. The molecule has 0 aromatic heterocycles. The molecule has 1 atom stereocenters. The van der Waals surface area contributed by atoms with E-state index in [0.29, 0.717) is 10.6 Å². The van der Waals surface area contributed by atoms with Gasteiger partial charge < -0.3 is 9.90 Å². The highest BCUT2D eigenvalue weighted by Gasteiger charge is 2.14. The Morgan fingerprint density at radius 3 is 2.45 bits per heavy atom. The Labute approximate surface area is 139 Å². The Morgan fingerprint density at radius 2 is 1.82 bits per heavy atom. The highest BCUT2D eigenvalue weighted by molar-refractivity contribution is 9.10. The number of halogens is 2. The standard InChI is InChI=1S/C15H10BrClN2O3/c16-14(15(21)22)19-18-12-7-6-10(17)8-11(12)13(20)9-4-2-1-3-5-9/h1-8,14H,(H,21,22)/p-1. The third kappa shape index (κ3) is 3.99. The summed E-state index contributed by atoms with van der Waals surface area (Å²) in [4.78, 5) is 21.8. The molecule has 7 heteroatoms. The summed E-state index contributed by atoms with van der Waals surface area (Å²) in [6, 6.07) is 13.1. The first-order valence-electron chi connectivity index (χ1n) is 6.14. The van der Waals surface area contributed by atoms with Crippen molar-refractivity contribution in [1.82, 2.24) is 0 Å². The van der Waals surface area contributed by atoms with E-state index in [9.17, 15) is 14.7 Å². The zero-order valence-corrected chi connectivity index (χ0v) is 13.4. The maximum absolute atomic E-state index is 12.5. The SMILES string of the molecule is O=C(c1ccccc1)c1cc(Cl)ccc1N=NC(Br)C(=O)[O-]. The fourth-order valence-corrected chi connectivity index (χ4v) is 1.95. The first-order chi connectivity index (χ1) is 10.5. The Bertz CT molecular complexity index is 735. The van der Waals surface area contributed by atoms with Crippen LogP contribution in [0.3, 0.4) is 0 Å². The van der Waals surface area contributed by atoms with Gasteiger partial charge in [0.05, 0.1) is 17.2 Å². The minimum Gasteiger partial charge on any atom is -0.547 e. The second-order valence-electron chi connectivity index (χ2n) is 4.23. The molecule has 0 aliphatic rings. The molecule has 0 N–H and O–H groups in total. The van der Waals surface area contributed by atoms with Crippen molar-refractivity contribution in [3.8, 4) is 0 Å². The molecule has 2 aromatic carbocycles. The number of carboxylic acids is 1. The lowest BCUT2D eigenvalue weighted by molar-refractivity contribution is -0.304. The first-order valence-corrected chi connectivity index (χ1v) is 7.43. The van der Waals surface area contributed by atoms with Crippen LogP contribution in [0.5, 0.6) is 0 Å². The fourth-order valence-electron chi connectivity index (χ4n) is 1.68. The summed E-state index contributed by atoms with van der Waals surface area (Å²) in [7, 11) is 0. The topological polar surface area (TPSA) is 81.9 Å². The smallest absolute Gasteiger partial charge is 0.195 e. The molecule has 0 aliphatic heterocycles. The number of hydrogen-bond donors (Lipinski definition) is 0. The van der Waals surface area contributed by atoms with Crippen molar-refractivity contribution in [1.29, 1.82) is 0 Å². The number of benzene rings is 2. The molecule has 1 unspecified atom stereocenters. The highest BCUT2D eigenvalue weighted by Crippen LogP contribution is 2.26. The molecule has 0 bridgehead atoms. The normalized spacial score (nSPS) is 12.3. The van der Waals surface area contributed by atoms with E-state index in [4.69, 9.17) is 11.6 Å². The predicted molar refractivity (Wildman–Crippen MR) is 83.6 cm³/mol. The molecule has 0 heterocycles. The van der Waals surface area contributed by atoms with Gasteiger partial charge in [-0.3, -0.25) is 4.79 Å². The Morgan fingerprint density at radius 1 is 1.14 bits per heavy atom. The molecular weight excluding hydrogens is 372 g/mol. The summed E-state index contributed by atoms with van der Waals surface area (Å²) in [5, 5.41) is 18.3. The van der Waals surface area contributed by atoms with Gasteiger partial charge in [-0.15, -0.1) is 0 Å². The van der Waals surface area contributed by atoms with Crippen LogP contribution in [0.25, 0.3) is 0 Å². The van der Waals surface area contributed by atoms with Crippen molar-refractivity contribution in [2.24, 2.45) is 10.2 Å². The average molecular weight is 381 g/mol. The van der Waals surface area contributed by atoms with Gasteiger partial charge in [0.2, 0.25) is 0 Å². The minimum atomic E-state index is -1.42. The molecule has 0 fully saturated rings. The van der Waals surface area contributed by atoms with Crippen molar-refractivity contribution in [2.75, 3.05) is 0 Å². The molecule has 0 amide bonds. The third-order valence-corrected chi connectivity index (χ3v) is 3.49. The molecule has 0 spiro atoms. The van der Waals surface area contributed by atoms with Crippen molar-refractivity contribution >= 4 is 45.0 Å². The first kappa shape index (κ1) is 16.3. The maximum Gasteiger partial charge on any atom is 0.195 e. The summed E-state index contributed by atoms with van der Waals surface area (Å²) in [6.07, 6.45) is 0. The van der Waals surface area contributed by atoms with E-state index in [0.717, 1.165) is 0 Å². The van der Waals surface area contributed by atoms with Gasteiger partial charge >= 0.3 is 0 Å². The number of carbonyl (C=O) groups is 2. The van der Waals surface area contributed by atoms with E-state index in [1.807, 2.05) is 0 Å². The quantitative estimate of drug-likeness (QED) is 0.346. The van der Waals surface area contributed by atoms with Crippen LogP contribution < -0.4 is 5.11 Å². The molecule has 0 aliphatic carbocycles. The molecule has 2 aromatic rings. The summed E-state index contributed by atoms with van der Waals surface area (Å²) in [5.74, 6) is -1.70. The second kappa shape index (κ2) is 7.29. The number of hydrogen-bond acceptors (Lipinski definition) is 5. The van der Waals surface area contributed by atoms with Gasteiger partial charge in [-0.05, 0) is 18.2 Å². The fraction of sp³-hybridized carbons (Fsp3) is 0.0667. The number of carboxylic acid groups (broad SMARTS) is 1. The Balaban J connectivity index is 2.40. The van der Waals surface area contributed by atoms with Crippen molar-refractivity contribution in [2.45, 2.75) is 4.95 Å².